The highest BCUT2D eigenvalue weighted by Crippen LogP contribution is 2.27. The van der Waals surface area contributed by atoms with E-state index in [1.807, 2.05) is 37.3 Å². The average molecular weight is 173 g/mol. The van der Waals surface area contributed by atoms with E-state index in [0.717, 1.165) is 18.4 Å². The van der Waals surface area contributed by atoms with Crippen LogP contribution in [0.5, 0.6) is 0 Å². The second-order valence-electron chi connectivity index (χ2n) is 3.56. The van der Waals surface area contributed by atoms with Crippen molar-refractivity contribution in [2.45, 2.75) is 32.1 Å². The van der Waals surface area contributed by atoms with E-state index in [-0.39, 0.29) is 5.41 Å². The molecule has 1 atom stereocenters. The Morgan fingerprint density at radius 2 is 1.92 bits per heavy atom. The molecule has 0 heterocycles. The molecule has 1 aromatic rings. The van der Waals surface area contributed by atoms with Crippen molar-refractivity contribution in [2.24, 2.45) is 0 Å². The molecule has 0 amide bonds. The fraction of sp³-hybridized carbons (Fsp3) is 0.417. The van der Waals surface area contributed by atoms with Gasteiger partial charge in [0.2, 0.25) is 0 Å². The molecule has 13 heavy (non-hydrogen) atoms. The topological polar surface area (TPSA) is 23.8 Å². The summed E-state index contributed by atoms with van der Waals surface area (Å²) in [6, 6.07) is 12.4. The van der Waals surface area contributed by atoms with E-state index in [1.165, 1.54) is 0 Å². The normalized spacial score (nSPS) is 14.5. The van der Waals surface area contributed by atoms with Crippen LogP contribution in [0, 0.1) is 11.3 Å². The number of nitriles is 1. The molecule has 1 nitrogen and oxygen atoms in total. The van der Waals surface area contributed by atoms with Gasteiger partial charge in [-0.1, -0.05) is 43.7 Å². The molecule has 1 heteroatoms. The van der Waals surface area contributed by atoms with Crippen LogP contribution in [-0.4, -0.2) is 0 Å². The Kier molecular flexibility index (Phi) is 3.08. The highest BCUT2D eigenvalue weighted by molar-refractivity contribution is 5.30. The van der Waals surface area contributed by atoms with Crippen LogP contribution >= 0.6 is 0 Å². The maximum atomic E-state index is 9.12. The monoisotopic (exact) mass is 173 g/mol. The van der Waals surface area contributed by atoms with Crippen LogP contribution in [0.3, 0.4) is 0 Å². The van der Waals surface area contributed by atoms with Crippen LogP contribution < -0.4 is 0 Å². The van der Waals surface area contributed by atoms with Gasteiger partial charge >= 0.3 is 0 Å². The van der Waals surface area contributed by atoms with E-state index >= 15 is 0 Å². The van der Waals surface area contributed by atoms with E-state index in [2.05, 4.69) is 13.0 Å². The Hall–Kier alpha value is -1.29. The quantitative estimate of drug-likeness (QED) is 0.688. The molecule has 1 rings (SSSR count). The average Bonchev–Trinajstić information content (AvgIpc) is 2.19. The molecule has 0 spiro atoms. The minimum atomic E-state index is -0.310. The van der Waals surface area contributed by atoms with E-state index in [0.29, 0.717) is 0 Å². The van der Waals surface area contributed by atoms with E-state index in [4.69, 9.17) is 5.26 Å². The van der Waals surface area contributed by atoms with Crippen molar-refractivity contribution in [3.8, 4) is 6.07 Å². The Balaban J connectivity index is 2.98. The van der Waals surface area contributed by atoms with Gasteiger partial charge in [0.15, 0.2) is 0 Å². The summed E-state index contributed by atoms with van der Waals surface area (Å²) in [6.45, 7) is 4.12. The maximum Gasteiger partial charge on any atom is 0.0794 e. The highest BCUT2D eigenvalue weighted by Gasteiger charge is 2.24. The molecule has 0 aliphatic rings. The molecule has 0 aromatic heterocycles. The SMILES string of the molecule is CCCC(C)(C#N)c1ccccc1. The first kappa shape index (κ1) is 9.80. The predicted molar refractivity (Wildman–Crippen MR) is 54.3 cm³/mol. The van der Waals surface area contributed by atoms with Gasteiger partial charge in [0.25, 0.3) is 0 Å². The molecule has 0 radical (unpaired) electrons. The molecule has 1 unspecified atom stereocenters. The zero-order valence-corrected chi connectivity index (χ0v) is 8.25. The summed E-state index contributed by atoms with van der Waals surface area (Å²) in [7, 11) is 0. The van der Waals surface area contributed by atoms with E-state index < -0.39 is 0 Å². The second kappa shape index (κ2) is 4.09. The number of hydrogen-bond donors (Lipinski definition) is 0. The predicted octanol–water partition coefficient (Wildman–Crippen LogP) is 3.27. The van der Waals surface area contributed by atoms with Crippen LogP contribution in [0.25, 0.3) is 0 Å². The molecule has 0 N–H and O–H groups in total. The summed E-state index contributed by atoms with van der Waals surface area (Å²) >= 11 is 0. The van der Waals surface area contributed by atoms with Crippen LogP contribution in [-0.2, 0) is 5.41 Å². The fourth-order valence-corrected chi connectivity index (χ4v) is 1.57. The van der Waals surface area contributed by atoms with Gasteiger partial charge < -0.3 is 0 Å². The Bertz CT molecular complexity index is 297. The Morgan fingerprint density at radius 1 is 1.31 bits per heavy atom. The van der Waals surface area contributed by atoms with Gasteiger partial charge in [0, 0.05) is 0 Å². The van der Waals surface area contributed by atoms with Crippen LogP contribution in [0.2, 0.25) is 0 Å². The summed E-state index contributed by atoms with van der Waals surface area (Å²) in [4.78, 5) is 0. The molecular weight excluding hydrogens is 158 g/mol. The molecule has 0 fully saturated rings. The third-order valence-corrected chi connectivity index (χ3v) is 2.41. The van der Waals surface area contributed by atoms with Crippen LogP contribution in [0.1, 0.15) is 32.3 Å². The minimum absolute atomic E-state index is 0.310. The van der Waals surface area contributed by atoms with Crippen molar-refractivity contribution in [1.29, 1.82) is 5.26 Å². The van der Waals surface area contributed by atoms with E-state index in [9.17, 15) is 0 Å². The number of hydrogen-bond acceptors (Lipinski definition) is 1. The van der Waals surface area contributed by atoms with Crippen molar-refractivity contribution in [3.63, 3.8) is 0 Å². The van der Waals surface area contributed by atoms with Gasteiger partial charge in [-0.15, -0.1) is 0 Å². The van der Waals surface area contributed by atoms with Crippen LogP contribution in [0.4, 0.5) is 0 Å². The third kappa shape index (κ3) is 2.09. The largest absolute Gasteiger partial charge is 0.197 e. The molecule has 1 aromatic carbocycles. The highest BCUT2D eigenvalue weighted by atomic mass is 14.3. The third-order valence-electron chi connectivity index (χ3n) is 2.41. The number of benzene rings is 1. The molecule has 68 valence electrons. The Morgan fingerprint density at radius 3 is 2.38 bits per heavy atom. The lowest BCUT2D eigenvalue weighted by Gasteiger charge is -2.20. The molecule has 0 bridgehead atoms. The molecule has 0 saturated carbocycles. The standard InChI is InChI=1S/C12H15N/c1-3-9-12(2,10-13)11-7-5-4-6-8-11/h4-8H,3,9H2,1-2H3. The van der Waals surface area contributed by atoms with Crippen LogP contribution in [0.15, 0.2) is 30.3 Å². The first-order valence-corrected chi connectivity index (χ1v) is 4.69. The zero-order valence-electron chi connectivity index (χ0n) is 8.25. The summed E-state index contributed by atoms with van der Waals surface area (Å²) in [5.74, 6) is 0. The number of nitrogens with zero attached hydrogens (tertiary/aromatic N) is 1. The molecule has 0 aliphatic carbocycles. The smallest absolute Gasteiger partial charge is 0.0794 e. The van der Waals surface area contributed by atoms with Gasteiger partial charge in [-0.2, -0.15) is 5.26 Å². The molecule has 0 aliphatic heterocycles. The van der Waals surface area contributed by atoms with Gasteiger partial charge in [0.05, 0.1) is 11.5 Å². The zero-order chi connectivity index (χ0) is 9.73. The summed E-state index contributed by atoms with van der Waals surface area (Å²) < 4.78 is 0. The lowest BCUT2D eigenvalue weighted by molar-refractivity contribution is 0.544. The van der Waals surface area contributed by atoms with Gasteiger partial charge in [-0.05, 0) is 18.9 Å². The van der Waals surface area contributed by atoms with Crippen molar-refractivity contribution in [3.05, 3.63) is 35.9 Å². The number of rotatable bonds is 3. The maximum absolute atomic E-state index is 9.12. The first-order valence-electron chi connectivity index (χ1n) is 4.69. The van der Waals surface area contributed by atoms with Crippen molar-refractivity contribution >= 4 is 0 Å². The van der Waals surface area contributed by atoms with Crippen molar-refractivity contribution in [2.75, 3.05) is 0 Å². The van der Waals surface area contributed by atoms with E-state index in [1.54, 1.807) is 0 Å². The summed E-state index contributed by atoms with van der Waals surface area (Å²) in [6.07, 6.45) is 1.96. The minimum Gasteiger partial charge on any atom is -0.197 e. The summed E-state index contributed by atoms with van der Waals surface area (Å²) in [5.41, 5.74) is 0.815. The van der Waals surface area contributed by atoms with Crippen molar-refractivity contribution < 1.29 is 0 Å². The lowest BCUT2D eigenvalue weighted by atomic mass is 9.80. The first-order chi connectivity index (χ1) is 6.23. The van der Waals surface area contributed by atoms with Gasteiger partial charge in [-0.3, -0.25) is 0 Å². The molecule has 0 saturated heterocycles. The second-order valence-corrected chi connectivity index (χ2v) is 3.56. The fourth-order valence-electron chi connectivity index (χ4n) is 1.57. The van der Waals surface area contributed by atoms with Gasteiger partial charge in [0.1, 0.15) is 0 Å². The summed E-state index contributed by atoms with van der Waals surface area (Å²) in [5, 5.41) is 9.12. The van der Waals surface area contributed by atoms with Gasteiger partial charge in [-0.25, -0.2) is 0 Å². The van der Waals surface area contributed by atoms with Crippen molar-refractivity contribution in [1.82, 2.24) is 0 Å². The Labute approximate surface area is 80.0 Å². The molecular formula is C12H15N. The lowest BCUT2D eigenvalue weighted by Crippen LogP contribution is -2.18.